The van der Waals surface area contributed by atoms with Crippen LogP contribution in [0.25, 0.3) is 0 Å². The maximum atomic E-state index is 4.58. The lowest BCUT2D eigenvalue weighted by Gasteiger charge is -2.24. The van der Waals surface area contributed by atoms with Gasteiger partial charge in [-0.3, -0.25) is 4.99 Å². The Hall–Kier alpha value is 0.370. The van der Waals surface area contributed by atoms with Gasteiger partial charge in [0, 0.05) is 5.75 Å². The highest BCUT2D eigenvalue weighted by atomic mass is 32.2. The molecule has 1 rings (SSSR count). The molecular formula is C7H13NS2. The lowest BCUT2D eigenvalue weighted by atomic mass is 10.0. The summed E-state index contributed by atoms with van der Waals surface area (Å²) in [5.41, 5.74) is 0.198. The van der Waals surface area contributed by atoms with Gasteiger partial charge in [-0.2, -0.15) is 0 Å². The van der Waals surface area contributed by atoms with E-state index in [9.17, 15) is 0 Å². The van der Waals surface area contributed by atoms with Crippen LogP contribution in [0.1, 0.15) is 20.3 Å². The van der Waals surface area contributed by atoms with Crippen molar-refractivity contribution in [2.24, 2.45) is 4.99 Å². The van der Waals surface area contributed by atoms with E-state index in [0.717, 1.165) is 0 Å². The summed E-state index contributed by atoms with van der Waals surface area (Å²) >= 11 is 3.64. The molecule has 3 heteroatoms. The second-order valence-electron chi connectivity index (χ2n) is 2.99. The van der Waals surface area contributed by atoms with Gasteiger partial charge in [-0.05, 0) is 26.5 Å². The Kier molecular flexibility index (Phi) is 2.69. The van der Waals surface area contributed by atoms with E-state index in [-0.39, 0.29) is 5.54 Å². The minimum absolute atomic E-state index is 0.198. The molecule has 0 aromatic heterocycles. The Labute approximate surface area is 71.1 Å². The summed E-state index contributed by atoms with van der Waals surface area (Å²) in [6, 6.07) is 0. The second kappa shape index (κ2) is 3.18. The zero-order chi connectivity index (χ0) is 7.61. The van der Waals surface area contributed by atoms with E-state index < -0.39 is 0 Å². The molecule has 58 valence electrons. The van der Waals surface area contributed by atoms with Crippen molar-refractivity contribution in [3.8, 4) is 0 Å². The monoisotopic (exact) mass is 175 g/mol. The quantitative estimate of drug-likeness (QED) is 0.561. The average Bonchev–Trinajstić information content (AvgIpc) is 1.86. The Morgan fingerprint density at radius 1 is 1.60 bits per heavy atom. The number of hydrogen-bond donors (Lipinski definition) is 0. The molecule has 0 amide bonds. The predicted molar refractivity (Wildman–Crippen MR) is 52.1 cm³/mol. The molecule has 10 heavy (non-hydrogen) atoms. The minimum atomic E-state index is 0.198. The minimum Gasteiger partial charge on any atom is -0.266 e. The molecule has 0 aromatic rings. The molecule has 0 N–H and O–H groups in total. The highest BCUT2D eigenvalue weighted by Crippen LogP contribution is 2.29. The van der Waals surface area contributed by atoms with E-state index in [0.29, 0.717) is 0 Å². The largest absolute Gasteiger partial charge is 0.266 e. The SMILES string of the molecule is CSC1=NC(C)(C)CCS1. The zero-order valence-electron chi connectivity index (χ0n) is 6.68. The summed E-state index contributed by atoms with van der Waals surface area (Å²) in [7, 11) is 0. The summed E-state index contributed by atoms with van der Waals surface area (Å²) in [4.78, 5) is 4.58. The first kappa shape index (κ1) is 8.47. The zero-order valence-corrected chi connectivity index (χ0v) is 8.31. The first-order valence-corrected chi connectivity index (χ1v) is 5.62. The van der Waals surface area contributed by atoms with Gasteiger partial charge >= 0.3 is 0 Å². The Morgan fingerprint density at radius 3 is 2.70 bits per heavy atom. The third-order valence-corrected chi connectivity index (χ3v) is 3.55. The summed E-state index contributed by atoms with van der Waals surface area (Å²) < 4.78 is 1.25. The lowest BCUT2D eigenvalue weighted by molar-refractivity contribution is 0.509. The van der Waals surface area contributed by atoms with E-state index in [1.54, 1.807) is 11.8 Å². The molecule has 0 saturated carbocycles. The van der Waals surface area contributed by atoms with Crippen molar-refractivity contribution in [1.82, 2.24) is 0 Å². The molecule has 0 unspecified atom stereocenters. The predicted octanol–water partition coefficient (Wildman–Crippen LogP) is 2.62. The fraction of sp³-hybridized carbons (Fsp3) is 0.857. The van der Waals surface area contributed by atoms with Gasteiger partial charge in [0.15, 0.2) is 0 Å². The Morgan fingerprint density at radius 2 is 2.30 bits per heavy atom. The van der Waals surface area contributed by atoms with Gasteiger partial charge in [0.2, 0.25) is 0 Å². The number of aliphatic imine (C=N–C) groups is 1. The summed E-state index contributed by atoms with van der Waals surface area (Å²) in [6.45, 7) is 4.39. The maximum Gasteiger partial charge on any atom is 0.124 e. The van der Waals surface area contributed by atoms with Crippen LogP contribution in [0.4, 0.5) is 0 Å². The topological polar surface area (TPSA) is 12.4 Å². The number of nitrogens with zero attached hydrogens (tertiary/aromatic N) is 1. The maximum absolute atomic E-state index is 4.58. The van der Waals surface area contributed by atoms with Crippen LogP contribution in [0, 0.1) is 0 Å². The molecule has 1 nitrogen and oxygen atoms in total. The number of thioether (sulfide) groups is 2. The van der Waals surface area contributed by atoms with Crippen LogP contribution in [0.3, 0.4) is 0 Å². The molecule has 0 aromatic carbocycles. The van der Waals surface area contributed by atoms with Crippen LogP contribution in [0.5, 0.6) is 0 Å². The number of hydrogen-bond acceptors (Lipinski definition) is 3. The van der Waals surface area contributed by atoms with Crippen molar-refractivity contribution in [2.75, 3.05) is 12.0 Å². The van der Waals surface area contributed by atoms with Crippen molar-refractivity contribution >= 4 is 27.9 Å². The Bertz CT molecular complexity index is 152. The van der Waals surface area contributed by atoms with Gasteiger partial charge in [0.05, 0.1) is 5.54 Å². The van der Waals surface area contributed by atoms with Crippen LogP contribution in [0.2, 0.25) is 0 Å². The standard InChI is InChI=1S/C7H13NS2/c1-7(2)4-5-10-6(8-7)9-3/h4-5H2,1-3H3. The highest BCUT2D eigenvalue weighted by molar-refractivity contribution is 8.38. The summed E-state index contributed by atoms with van der Waals surface area (Å²) in [5, 5.41) is 0. The van der Waals surface area contributed by atoms with Gasteiger partial charge in [0.1, 0.15) is 4.38 Å². The fourth-order valence-corrected chi connectivity index (χ4v) is 2.98. The molecule has 1 heterocycles. The van der Waals surface area contributed by atoms with Crippen LogP contribution < -0.4 is 0 Å². The second-order valence-corrected chi connectivity index (χ2v) is 5.13. The molecule has 0 radical (unpaired) electrons. The normalized spacial score (nSPS) is 24.1. The molecule has 1 aliphatic rings. The van der Waals surface area contributed by atoms with Crippen LogP contribution in [-0.2, 0) is 0 Å². The number of rotatable bonds is 0. The van der Waals surface area contributed by atoms with Crippen molar-refractivity contribution in [2.45, 2.75) is 25.8 Å². The van der Waals surface area contributed by atoms with Crippen molar-refractivity contribution < 1.29 is 0 Å². The molecular weight excluding hydrogens is 162 g/mol. The summed E-state index contributed by atoms with van der Waals surface area (Å²) in [6.07, 6.45) is 3.30. The first-order chi connectivity index (χ1) is 4.64. The van der Waals surface area contributed by atoms with Gasteiger partial charge in [-0.15, -0.1) is 11.8 Å². The van der Waals surface area contributed by atoms with E-state index >= 15 is 0 Å². The Balaban J connectivity index is 2.66. The van der Waals surface area contributed by atoms with Crippen LogP contribution in [-0.4, -0.2) is 21.9 Å². The van der Waals surface area contributed by atoms with Crippen LogP contribution in [0.15, 0.2) is 4.99 Å². The molecule has 0 atom stereocenters. The van der Waals surface area contributed by atoms with Crippen molar-refractivity contribution in [3.05, 3.63) is 0 Å². The highest BCUT2D eigenvalue weighted by Gasteiger charge is 2.21. The van der Waals surface area contributed by atoms with Crippen molar-refractivity contribution in [1.29, 1.82) is 0 Å². The van der Waals surface area contributed by atoms with E-state index in [4.69, 9.17) is 0 Å². The molecule has 1 aliphatic heterocycles. The van der Waals surface area contributed by atoms with Gasteiger partial charge < -0.3 is 0 Å². The van der Waals surface area contributed by atoms with E-state index in [1.165, 1.54) is 16.5 Å². The van der Waals surface area contributed by atoms with E-state index in [2.05, 4.69) is 25.1 Å². The lowest BCUT2D eigenvalue weighted by Crippen LogP contribution is -2.22. The molecule has 0 bridgehead atoms. The van der Waals surface area contributed by atoms with Crippen LogP contribution >= 0.6 is 23.5 Å². The van der Waals surface area contributed by atoms with Gasteiger partial charge in [0.25, 0.3) is 0 Å². The third kappa shape index (κ3) is 2.20. The van der Waals surface area contributed by atoms with E-state index in [1.807, 2.05) is 11.8 Å². The summed E-state index contributed by atoms with van der Waals surface area (Å²) in [5.74, 6) is 1.23. The third-order valence-electron chi connectivity index (χ3n) is 1.51. The molecule has 0 spiro atoms. The molecule has 0 saturated heterocycles. The van der Waals surface area contributed by atoms with Crippen molar-refractivity contribution in [3.63, 3.8) is 0 Å². The average molecular weight is 175 g/mol. The molecule has 0 fully saturated rings. The fourth-order valence-electron chi connectivity index (χ4n) is 0.828. The van der Waals surface area contributed by atoms with Gasteiger partial charge in [-0.1, -0.05) is 11.8 Å². The smallest absolute Gasteiger partial charge is 0.124 e. The van der Waals surface area contributed by atoms with Gasteiger partial charge in [-0.25, -0.2) is 0 Å². The molecule has 0 aliphatic carbocycles. The first-order valence-electron chi connectivity index (χ1n) is 3.41.